The number of carbonyl (C=O) groups excluding carboxylic acids is 2. The minimum atomic E-state index is -0.0102. The maximum absolute atomic E-state index is 11.9. The molecule has 2 aromatic rings. The fraction of sp³-hybridized carbons (Fsp3) is 0.389. The van der Waals surface area contributed by atoms with Gasteiger partial charge in [-0.05, 0) is 31.9 Å². The monoisotopic (exact) mass is 345 g/mol. The molecule has 0 fully saturated rings. The first-order chi connectivity index (χ1) is 11.5. The van der Waals surface area contributed by atoms with Crippen molar-refractivity contribution in [1.82, 2.24) is 10.3 Å². The van der Waals surface area contributed by atoms with Crippen molar-refractivity contribution in [2.24, 2.45) is 0 Å². The van der Waals surface area contributed by atoms with E-state index in [9.17, 15) is 9.59 Å². The first-order valence-corrected chi connectivity index (χ1v) is 8.99. The summed E-state index contributed by atoms with van der Waals surface area (Å²) in [4.78, 5) is 27.1. The molecule has 0 aliphatic carbocycles. The van der Waals surface area contributed by atoms with Crippen molar-refractivity contribution in [3.63, 3.8) is 0 Å². The fourth-order valence-corrected chi connectivity index (χ4v) is 2.92. The van der Waals surface area contributed by atoms with Crippen molar-refractivity contribution in [1.29, 1.82) is 0 Å². The Morgan fingerprint density at radius 2 is 1.88 bits per heavy atom. The summed E-state index contributed by atoms with van der Waals surface area (Å²) >= 11 is 1.63. The van der Waals surface area contributed by atoms with Crippen LogP contribution >= 0.6 is 11.3 Å². The second kappa shape index (κ2) is 9.17. The standard InChI is InChI=1S/C18H23N3O2S/c1-13(22)19-11-5-3-4-6-18(23)21-16-9-7-15(8-10-16)17-12-24-14(2)20-17/h7-10,12H,3-6,11H2,1-2H3,(H,19,22)(H,21,23). The number of unbranched alkanes of at least 4 members (excludes halogenated alkanes) is 2. The molecule has 2 amide bonds. The average molecular weight is 345 g/mol. The summed E-state index contributed by atoms with van der Waals surface area (Å²) in [7, 11) is 0. The summed E-state index contributed by atoms with van der Waals surface area (Å²) in [5.74, 6) is 0.00998. The molecule has 0 unspecified atom stereocenters. The van der Waals surface area contributed by atoms with E-state index in [1.807, 2.05) is 36.6 Å². The second-order valence-corrected chi connectivity index (χ2v) is 6.73. The minimum Gasteiger partial charge on any atom is -0.356 e. The number of thiazole rings is 1. The molecule has 24 heavy (non-hydrogen) atoms. The van der Waals surface area contributed by atoms with Crippen LogP contribution in [0, 0.1) is 6.92 Å². The highest BCUT2D eigenvalue weighted by Crippen LogP contribution is 2.23. The van der Waals surface area contributed by atoms with Crippen LogP contribution in [0.5, 0.6) is 0 Å². The summed E-state index contributed by atoms with van der Waals surface area (Å²) in [5.41, 5.74) is 2.82. The Bertz CT molecular complexity index is 680. The molecule has 1 aromatic heterocycles. The van der Waals surface area contributed by atoms with Gasteiger partial charge in [-0.1, -0.05) is 18.6 Å². The van der Waals surface area contributed by atoms with E-state index in [0.29, 0.717) is 13.0 Å². The Kier molecular flexibility index (Phi) is 6.93. The van der Waals surface area contributed by atoms with Crippen LogP contribution < -0.4 is 10.6 Å². The summed E-state index contributed by atoms with van der Waals surface area (Å²) < 4.78 is 0. The van der Waals surface area contributed by atoms with Gasteiger partial charge in [0.05, 0.1) is 10.7 Å². The first-order valence-electron chi connectivity index (χ1n) is 8.11. The van der Waals surface area contributed by atoms with Gasteiger partial charge in [-0.25, -0.2) is 4.98 Å². The fourth-order valence-electron chi connectivity index (χ4n) is 2.30. The highest BCUT2D eigenvalue weighted by atomic mass is 32.1. The number of aromatic nitrogens is 1. The molecule has 0 bridgehead atoms. The molecule has 2 rings (SSSR count). The lowest BCUT2D eigenvalue weighted by Gasteiger charge is -2.06. The predicted molar refractivity (Wildman–Crippen MR) is 98.1 cm³/mol. The molecule has 1 heterocycles. The Morgan fingerprint density at radius 1 is 1.12 bits per heavy atom. The van der Waals surface area contributed by atoms with Gasteiger partial charge in [-0.2, -0.15) is 0 Å². The van der Waals surface area contributed by atoms with Crippen LogP contribution in [0.15, 0.2) is 29.6 Å². The van der Waals surface area contributed by atoms with Crippen LogP contribution in [0.2, 0.25) is 0 Å². The van der Waals surface area contributed by atoms with Crippen LogP contribution in [0.4, 0.5) is 5.69 Å². The van der Waals surface area contributed by atoms with Crippen molar-refractivity contribution >= 4 is 28.8 Å². The number of benzene rings is 1. The number of hydrogen-bond acceptors (Lipinski definition) is 4. The molecule has 2 N–H and O–H groups in total. The number of anilines is 1. The molecule has 0 spiro atoms. The van der Waals surface area contributed by atoms with Crippen molar-refractivity contribution in [2.45, 2.75) is 39.5 Å². The molecule has 0 radical (unpaired) electrons. The lowest BCUT2D eigenvalue weighted by Crippen LogP contribution is -2.20. The molecule has 1 aromatic carbocycles. The number of nitrogens with one attached hydrogen (secondary N) is 2. The minimum absolute atomic E-state index is 0.0102. The molecule has 0 aliphatic rings. The number of hydrogen-bond donors (Lipinski definition) is 2. The number of carbonyl (C=O) groups is 2. The maximum Gasteiger partial charge on any atom is 0.224 e. The Balaban J connectivity index is 1.71. The van der Waals surface area contributed by atoms with Crippen molar-refractivity contribution in [2.75, 3.05) is 11.9 Å². The SMILES string of the molecule is CC(=O)NCCCCCC(=O)Nc1ccc(-c2csc(C)n2)cc1. The topological polar surface area (TPSA) is 71.1 Å². The second-order valence-electron chi connectivity index (χ2n) is 5.67. The van der Waals surface area contributed by atoms with E-state index < -0.39 is 0 Å². The molecule has 5 nitrogen and oxygen atoms in total. The molecular formula is C18H23N3O2S. The lowest BCUT2D eigenvalue weighted by atomic mass is 10.1. The van der Waals surface area contributed by atoms with Crippen molar-refractivity contribution in [3.05, 3.63) is 34.7 Å². The van der Waals surface area contributed by atoms with Gasteiger partial charge in [0.1, 0.15) is 0 Å². The highest BCUT2D eigenvalue weighted by molar-refractivity contribution is 7.09. The van der Waals surface area contributed by atoms with Crippen LogP contribution in [0.1, 0.15) is 37.6 Å². The predicted octanol–water partition coefficient (Wildman–Crippen LogP) is 3.75. The Hall–Kier alpha value is -2.21. The number of amides is 2. The molecular weight excluding hydrogens is 322 g/mol. The van der Waals surface area contributed by atoms with Crippen molar-refractivity contribution in [3.8, 4) is 11.3 Å². The molecule has 0 saturated heterocycles. The van der Waals surface area contributed by atoms with Gasteiger partial charge in [-0.3, -0.25) is 9.59 Å². The average Bonchev–Trinajstić information content (AvgIpc) is 2.97. The van der Waals surface area contributed by atoms with Crippen molar-refractivity contribution < 1.29 is 9.59 Å². The molecule has 128 valence electrons. The zero-order chi connectivity index (χ0) is 17.4. The van der Waals surface area contributed by atoms with Crippen LogP contribution in [-0.2, 0) is 9.59 Å². The third kappa shape index (κ3) is 6.12. The molecule has 0 atom stereocenters. The van der Waals surface area contributed by atoms with Gasteiger partial charge in [0.2, 0.25) is 11.8 Å². The summed E-state index contributed by atoms with van der Waals surface area (Å²) in [6.45, 7) is 4.17. The van der Waals surface area contributed by atoms with E-state index in [4.69, 9.17) is 0 Å². The molecule has 0 aliphatic heterocycles. The zero-order valence-corrected chi connectivity index (χ0v) is 14.9. The van der Waals surface area contributed by atoms with Gasteiger partial charge in [0, 0.05) is 36.5 Å². The van der Waals surface area contributed by atoms with Gasteiger partial charge in [-0.15, -0.1) is 11.3 Å². The molecule has 0 saturated carbocycles. The number of nitrogens with zero attached hydrogens (tertiary/aromatic N) is 1. The first kappa shape index (κ1) is 18.1. The van der Waals surface area contributed by atoms with Crippen LogP contribution in [-0.4, -0.2) is 23.3 Å². The summed E-state index contributed by atoms with van der Waals surface area (Å²) in [6, 6.07) is 7.74. The van der Waals surface area contributed by atoms with Gasteiger partial charge in [0.25, 0.3) is 0 Å². The van der Waals surface area contributed by atoms with E-state index in [2.05, 4.69) is 15.6 Å². The quantitative estimate of drug-likeness (QED) is 0.716. The molecule has 6 heteroatoms. The summed E-state index contributed by atoms with van der Waals surface area (Å²) in [6.07, 6.45) is 3.14. The Morgan fingerprint density at radius 3 is 2.50 bits per heavy atom. The third-order valence-corrected chi connectivity index (χ3v) is 4.31. The Labute approximate surface area is 146 Å². The summed E-state index contributed by atoms with van der Waals surface area (Å²) in [5, 5.41) is 8.73. The van der Waals surface area contributed by atoms with Gasteiger partial charge in [0.15, 0.2) is 0 Å². The smallest absolute Gasteiger partial charge is 0.224 e. The van der Waals surface area contributed by atoms with E-state index in [1.165, 1.54) is 6.92 Å². The van der Waals surface area contributed by atoms with E-state index in [1.54, 1.807) is 11.3 Å². The van der Waals surface area contributed by atoms with E-state index in [0.717, 1.165) is 41.2 Å². The number of rotatable bonds is 8. The highest BCUT2D eigenvalue weighted by Gasteiger charge is 2.05. The zero-order valence-electron chi connectivity index (χ0n) is 14.1. The van der Waals surface area contributed by atoms with Crippen LogP contribution in [0.25, 0.3) is 11.3 Å². The van der Waals surface area contributed by atoms with E-state index in [-0.39, 0.29) is 11.8 Å². The normalized spacial score (nSPS) is 10.4. The third-order valence-electron chi connectivity index (χ3n) is 3.54. The van der Waals surface area contributed by atoms with Gasteiger partial charge < -0.3 is 10.6 Å². The number of aryl methyl sites for hydroxylation is 1. The lowest BCUT2D eigenvalue weighted by molar-refractivity contribution is -0.119. The largest absolute Gasteiger partial charge is 0.356 e. The van der Waals surface area contributed by atoms with E-state index >= 15 is 0 Å². The van der Waals surface area contributed by atoms with Crippen LogP contribution in [0.3, 0.4) is 0 Å². The van der Waals surface area contributed by atoms with Gasteiger partial charge >= 0.3 is 0 Å². The maximum atomic E-state index is 11.9.